The minimum atomic E-state index is 0.964. The van der Waals surface area contributed by atoms with Gasteiger partial charge in [0.25, 0.3) is 0 Å². The molecule has 0 aliphatic heterocycles. The largest absolute Gasteiger partial charge is 0.296 e. The topological polar surface area (TPSA) is 35.6 Å². The molecule has 0 atom stereocenters. The van der Waals surface area contributed by atoms with E-state index in [2.05, 4.69) is 169 Å². The second-order valence-electron chi connectivity index (χ2n) is 11.9. The van der Waals surface area contributed by atoms with Crippen LogP contribution in [0.1, 0.15) is 11.6 Å². The fraction of sp³-hybridized carbons (Fsp3) is 0.0476. The third-order valence-electron chi connectivity index (χ3n) is 9.19. The van der Waals surface area contributed by atoms with E-state index < -0.39 is 0 Å². The van der Waals surface area contributed by atoms with Crippen molar-refractivity contribution in [1.82, 2.24) is 19.1 Å². The smallest absolute Gasteiger partial charge is 0.111 e. The third kappa shape index (κ3) is 4.00. The van der Waals surface area contributed by atoms with Gasteiger partial charge in [0.15, 0.2) is 0 Å². The van der Waals surface area contributed by atoms with Gasteiger partial charge in [0.2, 0.25) is 0 Å². The molecule has 4 heteroatoms. The summed E-state index contributed by atoms with van der Waals surface area (Å²) in [6, 6.07) is 52.1. The molecule has 2 aromatic heterocycles. The fourth-order valence-electron chi connectivity index (χ4n) is 7.22. The molecule has 0 amide bonds. The normalized spacial score (nSPS) is 11.7. The fourth-order valence-corrected chi connectivity index (χ4v) is 7.22. The van der Waals surface area contributed by atoms with E-state index in [1.807, 2.05) is 0 Å². The number of fused-ring (bicyclic) bond motifs is 4. The first-order valence-electron chi connectivity index (χ1n) is 15.7. The van der Waals surface area contributed by atoms with E-state index in [1.165, 1.54) is 43.8 Å². The molecule has 0 saturated heterocycles. The van der Waals surface area contributed by atoms with Gasteiger partial charge >= 0.3 is 0 Å². The molecule has 0 bridgehead atoms. The summed E-state index contributed by atoms with van der Waals surface area (Å²) in [5, 5.41) is 4.76. The quantitative estimate of drug-likeness (QED) is 0.191. The van der Waals surface area contributed by atoms with Crippen molar-refractivity contribution in [3.8, 4) is 33.6 Å². The van der Waals surface area contributed by atoms with Crippen molar-refractivity contribution < 1.29 is 0 Å². The van der Waals surface area contributed by atoms with Crippen molar-refractivity contribution >= 4 is 43.6 Å². The second kappa shape index (κ2) is 10.3. The second-order valence-corrected chi connectivity index (χ2v) is 11.9. The molecule has 9 rings (SSSR count). The van der Waals surface area contributed by atoms with Crippen LogP contribution in [0.2, 0.25) is 0 Å². The molecule has 46 heavy (non-hydrogen) atoms. The van der Waals surface area contributed by atoms with Crippen LogP contribution in [0, 0.1) is 13.8 Å². The van der Waals surface area contributed by atoms with Gasteiger partial charge < -0.3 is 0 Å². The molecule has 0 aliphatic rings. The van der Waals surface area contributed by atoms with Gasteiger partial charge in [0, 0.05) is 10.8 Å². The highest BCUT2D eigenvalue weighted by Gasteiger charge is 2.19. The monoisotopic (exact) mass is 590 g/mol. The van der Waals surface area contributed by atoms with E-state index in [4.69, 9.17) is 9.97 Å². The minimum absolute atomic E-state index is 0.964. The first kappa shape index (κ1) is 26.4. The Labute approximate surface area is 266 Å². The van der Waals surface area contributed by atoms with Crippen LogP contribution >= 0.6 is 0 Å². The number of nitrogens with zero attached hydrogens (tertiary/aromatic N) is 4. The van der Waals surface area contributed by atoms with E-state index in [9.17, 15) is 0 Å². The van der Waals surface area contributed by atoms with Gasteiger partial charge in [0.05, 0.1) is 33.4 Å². The van der Waals surface area contributed by atoms with Crippen LogP contribution in [0.25, 0.3) is 77.2 Å². The van der Waals surface area contributed by atoms with Gasteiger partial charge in [0.1, 0.15) is 11.6 Å². The molecule has 7 aromatic carbocycles. The first-order chi connectivity index (χ1) is 22.7. The van der Waals surface area contributed by atoms with Crippen molar-refractivity contribution in [2.24, 2.45) is 0 Å². The van der Waals surface area contributed by atoms with Crippen molar-refractivity contribution in [3.63, 3.8) is 0 Å². The van der Waals surface area contributed by atoms with Crippen molar-refractivity contribution in [2.45, 2.75) is 13.8 Å². The van der Waals surface area contributed by atoms with E-state index in [0.717, 1.165) is 45.1 Å². The van der Waals surface area contributed by atoms with Crippen molar-refractivity contribution in [1.29, 1.82) is 0 Å². The van der Waals surface area contributed by atoms with Gasteiger partial charge in [-0.1, -0.05) is 97.1 Å². The molecule has 0 radical (unpaired) electrons. The molecule has 9 aromatic rings. The highest BCUT2D eigenvalue weighted by molar-refractivity contribution is 6.17. The average Bonchev–Trinajstić information content (AvgIpc) is 3.62. The molecule has 4 nitrogen and oxygen atoms in total. The number of para-hydroxylation sites is 4. The van der Waals surface area contributed by atoms with Crippen LogP contribution in [0.4, 0.5) is 0 Å². The zero-order valence-electron chi connectivity index (χ0n) is 25.6. The van der Waals surface area contributed by atoms with E-state index in [0.29, 0.717) is 0 Å². The summed E-state index contributed by atoms with van der Waals surface area (Å²) in [6.07, 6.45) is 0. The third-order valence-corrected chi connectivity index (χ3v) is 9.19. The van der Waals surface area contributed by atoms with Gasteiger partial charge in [-0.25, -0.2) is 9.97 Å². The summed E-state index contributed by atoms with van der Waals surface area (Å²) in [6.45, 7) is 4.19. The van der Waals surface area contributed by atoms with Crippen molar-refractivity contribution in [2.75, 3.05) is 0 Å². The Morgan fingerprint density at radius 3 is 1.46 bits per heavy atom. The Morgan fingerprint density at radius 1 is 0.391 bits per heavy atom. The summed E-state index contributed by atoms with van der Waals surface area (Å²) < 4.78 is 4.60. The lowest BCUT2D eigenvalue weighted by Gasteiger charge is -2.19. The van der Waals surface area contributed by atoms with E-state index >= 15 is 0 Å². The molecule has 0 aliphatic carbocycles. The van der Waals surface area contributed by atoms with Crippen LogP contribution in [0.5, 0.6) is 0 Å². The van der Waals surface area contributed by atoms with Crippen LogP contribution < -0.4 is 0 Å². The molecule has 0 unspecified atom stereocenters. The summed E-state index contributed by atoms with van der Waals surface area (Å²) in [7, 11) is 0. The number of rotatable bonds is 4. The molecule has 0 fully saturated rings. The summed E-state index contributed by atoms with van der Waals surface area (Å²) >= 11 is 0. The van der Waals surface area contributed by atoms with Gasteiger partial charge in [-0.2, -0.15) is 0 Å². The first-order valence-corrected chi connectivity index (χ1v) is 15.7. The molecular weight excluding hydrogens is 560 g/mol. The van der Waals surface area contributed by atoms with Gasteiger partial charge in [-0.05, 0) is 95.4 Å². The standard InChI is InChI=1S/C42H30N4/c1-27-43-36-19-6-8-21-40(36)45(27)38-23-11-17-32-34(38)26-35-33(42(32)31-16-10-15-30(25-31)29-13-4-3-5-14-29)18-12-24-39(35)46-28(2)44-37-20-7-9-22-41(37)46/h3-26H,1-2H3. The predicted molar refractivity (Wildman–Crippen MR) is 191 cm³/mol. The zero-order chi connectivity index (χ0) is 30.8. The minimum Gasteiger partial charge on any atom is -0.296 e. The van der Waals surface area contributed by atoms with E-state index in [-0.39, 0.29) is 0 Å². The number of benzene rings is 7. The molecular formula is C42H30N4. The Morgan fingerprint density at radius 2 is 0.870 bits per heavy atom. The van der Waals surface area contributed by atoms with Gasteiger partial charge in [-0.15, -0.1) is 0 Å². The Balaban J connectivity index is 1.43. The highest BCUT2D eigenvalue weighted by Crippen LogP contribution is 2.42. The molecule has 2 heterocycles. The molecule has 0 spiro atoms. The lowest BCUT2D eigenvalue weighted by molar-refractivity contribution is 1.01. The Hall–Kier alpha value is -6.00. The number of aromatic nitrogens is 4. The number of hydrogen-bond donors (Lipinski definition) is 0. The van der Waals surface area contributed by atoms with Crippen LogP contribution in [0.3, 0.4) is 0 Å². The maximum atomic E-state index is 4.94. The molecule has 218 valence electrons. The summed E-state index contributed by atoms with van der Waals surface area (Å²) in [5.41, 5.74) is 11.2. The SMILES string of the molecule is Cc1nc2ccccc2n1-c1cccc2c(-c3cccc(-c4ccccc4)c3)c3cccc(-n4c(C)nc5ccccc54)c3cc12. The molecule has 0 N–H and O–H groups in total. The van der Waals surface area contributed by atoms with Crippen LogP contribution in [0.15, 0.2) is 146 Å². The molecule has 0 saturated carbocycles. The maximum absolute atomic E-state index is 4.94. The lowest BCUT2D eigenvalue weighted by Crippen LogP contribution is -2.01. The van der Waals surface area contributed by atoms with Crippen molar-refractivity contribution in [3.05, 3.63) is 157 Å². The maximum Gasteiger partial charge on any atom is 0.111 e. The summed E-state index contributed by atoms with van der Waals surface area (Å²) in [4.78, 5) is 9.88. The zero-order valence-corrected chi connectivity index (χ0v) is 25.6. The van der Waals surface area contributed by atoms with Gasteiger partial charge in [-0.3, -0.25) is 9.13 Å². The van der Waals surface area contributed by atoms with Crippen LogP contribution in [-0.4, -0.2) is 19.1 Å². The Kier molecular flexibility index (Phi) is 5.90. The predicted octanol–water partition coefficient (Wildman–Crippen LogP) is 10.6. The lowest BCUT2D eigenvalue weighted by atomic mass is 9.89. The van der Waals surface area contributed by atoms with E-state index in [1.54, 1.807) is 0 Å². The number of aryl methyl sites for hydroxylation is 2. The summed E-state index contributed by atoms with van der Waals surface area (Å²) in [5.74, 6) is 1.93. The van der Waals surface area contributed by atoms with Crippen LogP contribution in [-0.2, 0) is 0 Å². The number of imidazole rings is 2. The Bertz CT molecular complexity index is 2470. The number of hydrogen-bond acceptors (Lipinski definition) is 2. The average molecular weight is 591 g/mol. The highest BCUT2D eigenvalue weighted by atomic mass is 15.1.